The van der Waals surface area contributed by atoms with Gasteiger partial charge in [-0.15, -0.1) is 0 Å². The third-order valence-corrected chi connectivity index (χ3v) is 5.63. The van der Waals surface area contributed by atoms with Gasteiger partial charge in [-0.25, -0.2) is 14.6 Å². The van der Waals surface area contributed by atoms with Gasteiger partial charge in [0.25, 0.3) is 0 Å². The van der Waals surface area contributed by atoms with Crippen molar-refractivity contribution >= 4 is 28.9 Å². The molecule has 0 radical (unpaired) electrons. The zero-order valence-corrected chi connectivity index (χ0v) is 19.8. The van der Waals surface area contributed by atoms with Crippen molar-refractivity contribution in [3.63, 3.8) is 0 Å². The molecule has 2 aromatic heterocycles. The van der Waals surface area contributed by atoms with Gasteiger partial charge >= 0.3 is 11.8 Å². The maximum atomic E-state index is 13.6. The number of carbonyl (C=O) groups is 1. The Hall–Kier alpha value is -3.04. The molecule has 1 saturated heterocycles. The lowest BCUT2D eigenvalue weighted by Crippen LogP contribution is -2.36. The quantitative estimate of drug-likeness (QED) is 0.519. The van der Waals surface area contributed by atoms with Crippen LogP contribution in [0.5, 0.6) is 5.75 Å². The van der Waals surface area contributed by atoms with Gasteiger partial charge in [0.1, 0.15) is 11.4 Å². The minimum absolute atomic E-state index is 0.0317. The van der Waals surface area contributed by atoms with E-state index in [0.717, 1.165) is 0 Å². The van der Waals surface area contributed by atoms with Crippen molar-refractivity contribution in [2.45, 2.75) is 38.8 Å². The molecule has 0 bridgehead atoms. The van der Waals surface area contributed by atoms with Gasteiger partial charge in [0.05, 0.1) is 22.3 Å². The first-order valence-electron chi connectivity index (χ1n) is 10.7. The Morgan fingerprint density at radius 1 is 1.27 bits per heavy atom. The van der Waals surface area contributed by atoms with Gasteiger partial charge in [0, 0.05) is 32.5 Å². The number of carbonyl (C=O) groups excluding carboxylic acids is 1. The van der Waals surface area contributed by atoms with Crippen molar-refractivity contribution in [3.8, 4) is 11.4 Å². The van der Waals surface area contributed by atoms with Gasteiger partial charge in [-0.1, -0.05) is 11.6 Å². The second-order valence-corrected chi connectivity index (χ2v) is 9.28. The van der Waals surface area contributed by atoms with Crippen molar-refractivity contribution in [2.75, 3.05) is 27.0 Å². The summed E-state index contributed by atoms with van der Waals surface area (Å²) in [5.41, 5.74) is 0.959. The average Bonchev–Trinajstić information content (AvgIpc) is 3.34. The lowest BCUT2D eigenvalue weighted by atomic mass is 10.2. The summed E-state index contributed by atoms with van der Waals surface area (Å²) in [5, 5.41) is 0.412. The molecule has 33 heavy (non-hydrogen) atoms. The SMILES string of the molecule is COCOc1cc(-n2c(=O)n([C@H]3CCN(C(=O)OC(C)(C)C)C3)c3ncccc32)ccc1Cl. The molecule has 1 amide bonds. The van der Waals surface area contributed by atoms with Crippen LogP contribution in [-0.2, 0) is 9.47 Å². The minimum atomic E-state index is -0.583. The summed E-state index contributed by atoms with van der Waals surface area (Å²) in [4.78, 5) is 32.3. The summed E-state index contributed by atoms with van der Waals surface area (Å²) in [7, 11) is 1.52. The summed E-state index contributed by atoms with van der Waals surface area (Å²) in [6, 6.07) is 8.52. The van der Waals surface area contributed by atoms with Crippen LogP contribution >= 0.6 is 11.6 Å². The van der Waals surface area contributed by atoms with Gasteiger partial charge in [-0.05, 0) is 51.5 Å². The number of amides is 1. The van der Waals surface area contributed by atoms with E-state index >= 15 is 0 Å². The number of fused-ring (bicyclic) bond motifs is 1. The zero-order valence-electron chi connectivity index (χ0n) is 19.1. The Morgan fingerprint density at radius 2 is 2.06 bits per heavy atom. The molecule has 10 heteroatoms. The van der Waals surface area contributed by atoms with Gasteiger partial charge < -0.3 is 19.1 Å². The summed E-state index contributed by atoms with van der Waals surface area (Å²) < 4.78 is 19.2. The van der Waals surface area contributed by atoms with E-state index < -0.39 is 5.60 Å². The topological polar surface area (TPSA) is 87.8 Å². The number of nitrogens with zero attached hydrogens (tertiary/aromatic N) is 4. The van der Waals surface area contributed by atoms with Gasteiger partial charge in [0.15, 0.2) is 12.4 Å². The van der Waals surface area contributed by atoms with Crippen LogP contribution in [0.4, 0.5) is 4.79 Å². The largest absolute Gasteiger partial charge is 0.466 e. The van der Waals surface area contributed by atoms with E-state index in [-0.39, 0.29) is 24.6 Å². The first kappa shape index (κ1) is 23.1. The molecule has 0 spiro atoms. The first-order chi connectivity index (χ1) is 15.7. The number of benzene rings is 1. The number of rotatable bonds is 5. The number of likely N-dealkylation sites (tertiary alicyclic amines) is 1. The fraction of sp³-hybridized carbons (Fsp3) is 0.435. The van der Waals surface area contributed by atoms with E-state index in [9.17, 15) is 9.59 Å². The second kappa shape index (κ2) is 9.07. The van der Waals surface area contributed by atoms with Crippen LogP contribution in [0.2, 0.25) is 5.02 Å². The molecule has 4 rings (SSSR count). The fourth-order valence-electron chi connectivity index (χ4n) is 3.94. The molecule has 1 aliphatic heterocycles. The molecule has 1 fully saturated rings. The van der Waals surface area contributed by atoms with Crippen molar-refractivity contribution in [2.24, 2.45) is 0 Å². The molecule has 0 aliphatic carbocycles. The summed E-state index contributed by atoms with van der Waals surface area (Å²) in [6.07, 6.45) is 1.89. The number of pyridine rings is 1. The third-order valence-electron chi connectivity index (χ3n) is 5.32. The normalized spacial score (nSPS) is 16.4. The molecule has 3 aromatic rings. The smallest absolute Gasteiger partial charge is 0.410 e. The van der Waals surface area contributed by atoms with E-state index in [0.29, 0.717) is 47.1 Å². The molecule has 1 aliphatic rings. The molecular weight excluding hydrogens is 448 g/mol. The minimum Gasteiger partial charge on any atom is -0.466 e. The van der Waals surface area contributed by atoms with Gasteiger partial charge in [-0.3, -0.25) is 9.13 Å². The Labute approximate surface area is 196 Å². The molecule has 3 heterocycles. The number of imidazole rings is 1. The second-order valence-electron chi connectivity index (χ2n) is 8.87. The highest BCUT2D eigenvalue weighted by Crippen LogP contribution is 2.30. The van der Waals surface area contributed by atoms with E-state index in [2.05, 4.69) is 4.98 Å². The lowest BCUT2D eigenvalue weighted by Gasteiger charge is -2.24. The van der Waals surface area contributed by atoms with Gasteiger partial charge in [0.2, 0.25) is 0 Å². The van der Waals surface area contributed by atoms with Crippen molar-refractivity contribution in [3.05, 3.63) is 52.0 Å². The Morgan fingerprint density at radius 3 is 2.79 bits per heavy atom. The Bertz CT molecular complexity index is 1230. The number of hydrogen-bond acceptors (Lipinski definition) is 6. The van der Waals surface area contributed by atoms with Crippen LogP contribution < -0.4 is 10.4 Å². The maximum Gasteiger partial charge on any atom is 0.410 e. The molecule has 9 nitrogen and oxygen atoms in total. The van der Waals surface area contributed by atoms with Crippen LogP contribution in [0.15, 0.2) is 41.3 Å². The summed E-state index contributed by atoms with van der Waals surface area (Å²) in [6.45, 7) is 6.39. The third kappa shape index (κ3) is 4.69. The average molecular weight is 475 g/mol. The first-order valence-corrected chi connectivity index (χ1v) is 11.0. The van der Waals surface area contributed by atoms with E-state index in [1.807, 2.05) is 26.8 Å². The predicted octanol–water partition coefficient (Wildman–Crippen LogP) is 4.01. The lowest BCUT2D eigenvalue weighted by molar-refractivity contribution is 0.0289. The van der Waals surface area contributed by atoms with Crippen LogP contribution in [0.25, 0.3) is 16.9 Å². The van der Waals surface area contributed by atoms with Crippen LogP contribution in [0, 0.1) is 0 Å². The summed E-state index contributed by atoms with van der Waals surface area (Å²) in [5.74, 6) is 0.407. The molecule has 1 aromatic carbocycles. The molecule has 0 saturated carbocycles. The van der Waals surface area contributed by atoms with Crippen LogP contribution in [0.3, 0.4) is 0 Å². The highest BCUT2D eigenvalue weighted by atomic mass is 35.5. The Balaban J connectivity index is 1.73. The molecule has 176 valence electrons. The highest BCUT2D eigenvalue weighted by molar-refractivity contribution is 6.32. The highest BCUT2D eigenvalue weighted by Gasteiger charge is 2.33. The Kier molecular flexibility index (Phi) is 6.36. The van der Waals surface area contributed by atoms with E-state index in [1.54, 1.807) is 44.5 Å². The number of methoxy groups -OCH3 is 1. The number of ether oxygens (including phenoxy) is 3. The fourth-order valence-corrected chi connectivity index (χ4v) is 4.11. The molecule has 1 atom stereocenters. The number of halogens is 1. The number of hydrogen-bond donors (Lipinski definition) is 0. The van der Waals surface area contributed by atoms with Crippen molar-refractivity contribution in [1.82, 2.24) is 19.0 Å². The molecule has 0 unspecified atom stereocenters. The van der Waals surface area contributed by atoms with E-state index in [1.165, 1.54) is 7.11 Å². The molecule has 0 N–H and O–H groups in total. The number of aromatic nitrogens is 3. The monoisotopic (exact) mass is 474 g/mol. The van der Waals surface area contributed by atoms with Gasteiger partial charge in [-0.2, -0.15) is 0 Å². The van der Waals surface area contributed by atoms with E-state index in [4.69, 9.17) is 25.8 Å². The zero-order chi connectivity index (χ0) is 23.8. The summed E-state index contributed by atoms with van der Waals surface area (Å²) >= 11 is 6.24. The predicted molar refractivity (Wildman–Crippen MR) is 124 cm³/mol. The van der Waals surface area contributed by atoms with Crippen LogP contribution in [-0.4, -0.2) is 57.7 Å². The molecular formula is C23H27ClN4O5. The standard InChI is InChI=1S/C23H27ClN4O5/c1-23(2,3)33-22(30)26-11-9-16(13-26)28-20-18(6-5-10-25-20)27(21(28)29)15-7-8-17(24)19(12-15)32-14-31-4/h5-8,10,12,16H,9,11,13-14H2,1-4H3/t16-/m0/s1. The van der Waals surface area contributed by atoms with Crippen LogP contribution in [0.1, 0.15) is 33.2 Å². The van der Waals surface area contributed by atoms with Crippen molar-refractivity contribution < 1.29 is 19.0 Å². The van der Waals surface area contributed by atoms with Crippen molar-refractivity contribution in [1.29, 1.82) is 0 Å². The maximum absolute atomic E-state index is 13.6.